The molecule has 0 amide bonds. The summed E-state index contributed by atoms with van der Waals surface area (Å²) >= 11 is 1.65. The smallest absolute Gasteiger partial charge is 0.175 e. The Morgan fingerprint density at radius 2 is 2.33 bits per heavy atom. The molecule has 1 nitrogen and oxygen atoms in total. The van der Waals surface area contributed by atoms with Gasteiger partial charge in [0.15, 0.2) is 5.78 Å². The molecule has 1 aliphatic rings. The van der Waals surface area contributed by atoms with Crippen LogP contribution in [0.15, 0.2) is 6.07 Å². The molecule has 64 valence electrons. The summed E-state index contributed by atoms with van der Waals surface area (Å²) in [6.07, 6.45) is 2.12. The highest BCUT2D eigenvalue weighted by Gasteiger charge is 2.25. The second-order valence-electron chi connectivity index (χ2n) is 3.52. The molecule has 1 aromatic rings. The Morgan fingerprint density at radius 1 is 1.58 bits per heavy atom. The Hall–Kier alpha value is -0.630. The molecule has 0 aromatic carbocycles. The van der Waals surface area contributed by atoms with Crippen LogP contribution in [0, 0.1) is 12.8 Å². The van der Waals surface area contributed by atoms with Gasteiger partial charge in [-0.2, -0.15) is 0 Å². The molecule has 2 rings (SSSR count). The third-order valence-electron chi connectivity index (χ3n) is 2.45. The minimum absolute atomic E-state index is 0.246. The van der Waals surface area contributed by atoms with Crippen molar-refractivity contribution in [2.45, 2.75) is 26.7 Å². The maximum Gasteiger partial charge on any atom is 0.175 e. The summed E-state index contributed by atoms with van der Waals surface area (Å²) in [7, 11) is 0. The van der Waals surface area contributed by atoms with Gasteiger partial charge in [-0.1, -0.05) is 6.92 Å². The van der Waals surface area contributed by atoms with E-state index in [2.05, 4.69) is 13.0 Å². The Balaban J connectivity index is 2.48. The second-order valence-corrected chi connectivity index (χ2v) is 4.77. The van der Waals surface area contributed by atoms with Crippen molar-refractivity contribution in [1.82, 2.24) is 0 Å². The highest BCUT2D eigenvalue weighted by atomic mass is 32.1. The summed E-state index contributed by atoms with van der Waals surface area (Å²) in [6.45, 7) is 4.10. The van der Waals surface area contributed by atoms with Crippen molar-refractivity contribution in [2.24, 2.45) is 5.92 Å². The quantitative estimate of drug-likeness (QED) is 0.600. The highest BCUT2D eigenvalue weighted by Crippen LogP contribution is 2.31. The van der Waals surface area contributed by atoms with Crippen LogP contribution in [0.2, 0.25) is 0 Å². The molecule has 1 unspecified atom stereocenters. The second kappa shape index (κ2) is 2.70. The lowest BCUT2D eigenvalue weighted by Gasteiger charge is -2.15. The lowest BCUT2D eigenvalue weighted by molar-refractivity contribution is 0.0918. The van der Waals surface area contributed by atoms with Crippen LogP contribution in [0.4, 0.5) is 0 Å². The van der Waals surface area contributed by atoms with Crippen molar-refractivity contribution < 1.29 is 4.79 Å². The zero-order chi connectivity index (χ0) is 8.72. The Morgan fingerprint density at radius 3 is 3.08 bits per heavy atom. The minimum atomic E-state index is 0.246. The molecule has 1 aromatic heterocycles. The summed E-state index contributed by atoms with van der Waals surface area (Å²) in [5.41, 5.74) is 1.28. The Kier molecular flexibility index (Phi) is 1.80. The first kappa shape index (κ1) is 7.99. The van der Waals surface area contributed by atoms with Crippen LogP contribution in [0.25, 0.3) is 0 Å². The zero-order valence-corrected chi connectivity index (χ0v) is 8.20. The highest BCUT2D eigenvalue weighted by molar-refractivity contribution is 7.14. The first-order valence-electron chi connectivity index (χ1n) is 4.32. The van der Waals surface area contributed by atoms with Gasteiger partial charge in [-0.15, -0.1) is 11.3 Å². The molecule has 0 aliphatic heterocycles. The fourth-order valence-electron chi connectivity index (χ4n) is 1.69. The standard InChI is InChI=1S/C10H12OS/c1-6-3-4-8-5-7(2)12-10(8)9(6)11/h5-6H,3-4H2,1-2H3. The summed E-state index contributed by atoms with van der Waals surface area (Å²) in [5, 5.41) is 0. The van der Waals surface area contributed by atoms with Crippen LogP contribution in [0.3, 0.4) is 0 Å². The van der Waals surface area contributed by atoms with Crippen LogP contribution in [-0.2, 0) is 6.42 Å². The lowest BCUT2D eigenvalue weighted by Crippen LogP contribution is -2.17. The molecule has 0 radical (unpaired) electrons. The number of ketones is 1. The third kappa shape index (κ3) is 1.11. The molecule has 1 aliphatic carbocycles. The molecule has 0 spiro atoms. The average Bonchev–Trinajstić information content (AvgIpc) is 2.39. The van der Waals surface area contributed by atoms with Gasteiger partial charge >= 0.3 is 0 Å². The normalized spacial score (nSPS) is 22.5. The molecule has 0 fully saturated rings. The van der Waals surface area contributed by atoms with Crippen molar-refractivity contribution in [3.8, 4) is 0 Å². The summed E-state index contributed by atoms with van der Waals surface area (Å²) in [4.78, 5) is 13.9. The zero-order valence-electron chi connectivity index (χ0n) is 7.39. The van der Waals surface area contributed by atoms with E-state index in [0.29, 0.717) is 5.78 Å². The Bertz CT molecular complexity index is 325. The van der Waals surface area contributed by atoms with Crippen LogP contribution in [-0.4, -0.2) is 5.78 Å². The van der Waals surface area contributed by atoms with E-state index in [1.54, 1.807) is 11.3 Å². The lowest BCUT2D eigenvalue weighted by atomic mass is 9.89. The largest absolute Gasteiger partial charge is 0.293 e. The molecular weight excluding hydrogens is 168 g/mol. The fraction of sp³-hybridized carbons (Fsp3) is 0.500. The van der Waals surface area contributed by atoms with E-state index < -0.39 is 0 Å². The molecule has 12 heavy (non-hydrogen) atoms. The van der Waals surface area contributed by atoms with Crippen molar-refractivity contribution in [2.75, 3.05) is 0 Å². The average molecular weight is 180 g/mol. The maximum absolute atomic E-state index is 11.6. The monoisotopic (exact) mass is 180 g/mol. The van der Waals surface area contributed by atoms with E-state index in [9.17, 15) is 4.79 Å². The SMILES string of the molecule is Cc1cc2c(s1)C(=O)C(C)CC2. The number of thiophene rings is 1. The predicted molar refractivity (Wildman–Crippen MR) is 50.9 cm³/mol. The predicted octanol–water partition coefficient (Wildman–Crippen LogP) is 2.82. The van der Waals surface area contributed by atoms with Crippen LogP contribution < -0.4 is 0 Å². The van der Waals surface area contributed by atoms with Gasteiger partial charge in [0.05, 0.1) is 4.88 Å². The molecule has 0 saturated carbocycles. The van der Waals surface area contributed by atoms with Gasteiger partial charge in [0.1, 0.15) is 0 Å². The van der Waals surface area contributed by atoms with E-state index in [1.165, 1.54) is 10.4 Å². The number of carbonyl (C=O) groups excluding carboxylic acids is 1. The Labute approximate surface area is 76.4 Å². The van der Waals surface area contributed by atoms with Gasteiger partial charge in [0.25, 0.3) is 0 Å². The van der Waals surface area contributed by atoms with E-state index in [4.69, 9.17) is 0 Å². The van der Waals surface area contributed by atoms with Crippen molar-refractivity contribution in [1.29, 1.82) is 0 Å². The van der Waals surface area contributed by atoms with E-state index in [0.717, 1.165) is 17.7 Å². The summed E-state index contributed by atoms with van der Waals surface area (Å²) in [5.74, 6) is 0.602. The number of hydrogen-bond acceptors (Lipinski definition) is 2. The van der Waals surface area contributed by atoms with Crippen molar-refractivity contribution in [3.05, 3.63) is 21.4 Å². The number of hydrogen-bond donors (Lipinski definition) is 0. The van der Waals surface area contributed by atoms with E-state index >= 15 is 0 Å². The van der Waals surface area contributed by atoms with E-state index in [-0.39, 0.29) is 5.92 Å². The van der Waals surface area contributed by atoms with E-state index in [1.807, 2.05) is 6.92 Å². The number of carbonyl (C=O) groups is 1. The maximum atomic E-state index is 11.6. The van der Waals surface area contributed by atoms with Crippen molar-refractivity contribution >= 4 is 17.1 Å². The molecule has 0 N–H and O–H groups in total. The van der Waals surface area contributed by atoms with Crippen LogP contribution in [0.1, 0.15) is 33.5 Å². The van der Waals surface area contributed by atoms with Gasteiger partial charge in [0, 0.05) is 10.8 Å². The van der Waals surface area contributed by atoms with Gasteiger partial charge in [-0.25, -0.2) is 0 Å². The fourth-order valence-corrected chi connectivity index (χ4v) is 2.81. The van der Waals surface area contributed by atoms with Crippen LogP contribution >= 0.6 is 11.3 Å². The van der Waals surface area contributed by atoms with Crippen LogP contribution in [0.5, 0.6) is 0 Å². The molecule has 0 saturated heterocycles. The number of aryl methyl sites for hydroxylation is 2. The summed E-state index contributed by atoms with van der Waals surface area (Å²) in [6, 6.07) is 2.16. The first-order valence-corrected chi connectivity index (χ1v) is 5.13. The number of fused-ring (bicyclic) bond motifs is 1. The number of Topliss-reactive ketones (excluding diaryl/α,β-unsaturated/α-hetero) is 1. The molecular formula is C10H12OS. The molecule has 0 bridgehead atoms. The van der Waals surface area contributed by atoms with Gasteiger partial charge < -0.3 is 0 Å². The van der Waals surface area contributed by atoms with Crippen molar-refractivity contribution in [3.63, 3.8) is 0 Å². The minimum Gasteiger partial charge on any atom is -0.293 e. The molecule has 1 heterocycles. The topological polar surface area (TPSA) is 17.1 Å². The third-order valence-corrected chi connectivity index (χ3v) is 3.56. The van der Waals surface area contributed by atoms with Gasteiger partial charge in [-0.05, 0) is 31.4 Å². The first-order chi connectivity index (χ1) is 5.68. The summed E-state index contributed by atoms with van der Waals surface area (Å²) < 4.78 is 0. The molecule has 1 atom stereocenters. The number of rotatable bonds is 0. The molecule has 2 heteroatoms. The van der Waals surface area contributed by atoms with Gasteiger partial charge in [-0.3, -0.25) is 4.79 Å². The van der Waals surface area contributed by atoms with Gasteiger partial charge in [0.2, 0.25) is 0 Å².